The molecule has 2 aromatic carbocycles. The van der Waals surface area contributed by atoms with Crippen LogP contribution in [-0.4, -0.2) is 15.9 Å². The van der Waals surface area contributed by atoms with Gasteiger partial charge in [-0.3, -0.25) is 10.1 Å². The van der Waals surface area contributed by atoms with Crippen LogP contribution in [0.5, 0.6) is 0 Å². The highest BCUT2D eigenvalue weighted by molar-refractivity contribution is 5.89. The van der Waals surface area contributed by atoms with Crippen molar-refractivity contribution in [1.29, 1.82) is 0 Å². The van der Waals surface area contributed by atoms with Crippen LogP contribution >= 0.6 is 0 Å². The third-order valence-electron chi connectivity index (χ3n) is 4.19. The molecule has 2 aromatic heterocycles. The molecule has 0 unspecified atom stereocenters. The Labute approximate surface area is 163 Å². The highest BCUT2D eigenvalue weighted by atomic mass is 16.6. The van der Waals surface area contributed by atoms with Crippen LogP contribution in [0.2, 0.25) is 0 Å². The van der Waals surface area contributed by atoms with E-state index in [1.165, 1.54) is 18.2 Å². The van der Waals surface area contributed by atoms with Gasteiger partial charge < -0.3 is 18.7 Å². The average Bonchev–Trinajstić information content (AvgIpc) is 3.34. The Morgan fingerprint density at radius 2 is 1.90 bits per heavy atom. The van der Waals surface area contributed by atoms with Crippen molar-refractivity contribution in [2.75, 3.05) is 0 Å². The molecule has 0 atom stereocenters. The van der Waals surface area contributed by atoms with Gasteiger partial charge in [0.15, 0.2) is 5.58 Å². The summed E-state index contributed by atoms with van der Waals surface area (Å²) in [5, 5.41) is 22.2. The first-order valence-electron chi connectivity index (χ1n) is 8.60. The first kappa shape index (κ1) is 18.2. The second-order valence-corrected chi connectivity index (χ2v) is 6.21. The molecule has 0 aliphatic heterocycles. The number of hydrogen-bond donors (Lipinski definition) is 0. The number of carbonyl (C=O) groups is 1. The zero-order valence-corrected chi connectivity index (χ0v) is 14.9. The SMILES string of the molecule is O=C([O-])C/C(=C\c1ccc(-c2cccc([N+](=O)[O-])c2)o1)c1nc2ccccc2o1. The van der Waals surface area contributed by atoms with Crippen LogP contribution in [0, 0.1) is 10.1 Å². The molecule has 0 fully saturated rings. The maximum Gasteiger partial charge on any atom is 0.270 e. The Bertz CT molecular complexity index is 1220. The summed E-state index contributed by atoms with van der Waals surface area (Å²) in [5.41, 5.74) is 1.88. The lowest BCUT2D eigenvalue weighted by atomic mass is 10.1. The Morgan fingerprint density at radius 3 is 2.66 bits per heavy atom. The van der Waals surface area contributed by atoms with Crippen LogP contribution in [0.15, 0.2) is 69.5 Å². The third-order valence-corrected chi connectivity index (χ3v) is 4.19. The Morgan fingerprint density at radius 1 is 1.07 bits per heavy atom. The maximum atomic E-state index is 11.2. The molecule has 0 N–H and O–H groups in total. The highest BCUT2D eigenvalue weighted by Crippen LogP contribution is 2.29. The molecule has 0 aliphatic carbocycles. The number of aromatic nitrogens is 1. The molecule has 144 valence electrons. The minimum Gasteiger partial charge on any atom is -0.550 e. The number of carboxylic acid groups (broad SMARTS) is 1. The fraction of sp³-hybridized carbons (Fsp3) is 0.0476. The molecule has 0 saturated heterocycles. The van der Waals surface area contributed by atoms with Gasteiger partial charge in [0.2, 0.25) is 5.89 Å². The third kappa shape index (κ3) is 3.91. The highest BCUT2D eigenvalue weighted by Gasteiger charge is 2.14. The van der Waals surface area contributed by atoms with Gasteiger partial charge in [0, 0.05) is 35.7 Å². The van der Waals surface area contributed by atoms with Crippen molar-refractivity contribution in [3.8, 4) is 11.3 Å². The summed E-state index contributed by atoms with van der Waals surface area (Å²) >= 11 is 0. The minimum atomic E-state index is -1.29. The number of carbonyl (C=O) groups excluding carboxylic acids is 1. The lowest BCUT2D eigenvalue weighted by Gasteiger charge is -2.03. The summed E-state index contributed by atoms with van der Waals surface area (Å²) < 4.78 is 11.4. The Kier molecular flexibility index (Phi) is 4.66. The van der Waals surface area contributed by atoms with E-state index in [4.69, 9.17) is 8.83 Å². The van der Waals surface area contributed by atoms with Crippen molar-refractivity contribution < 1.29 is 23.7 Å². The number of rotatable bonds is 6. The van der Waals surface area contributed by atoms with E-state index in [1.54, 1.807) is 48.5 Å². The predicted octanol–water partition coefficient (Wildman–Crippen LogP) is 3.68. The van der Waals surface area contributed by atoms with Crippen molar-refractivity contribution in [2.45, 2.75) is 6.42 Å². The van der Waals surface area contributed by atoms with Crippen LogP contribution in [0.25, 0.3) is 34.1 Å². The summed E-state index contributed by atoms with van der Waals surface area (Å²) in [5.74, 6) is -0.372. The normalized spacial score (nSPS) is 11.7. The van der Waals surface area contributed by atoms with E-state index in [1.807, 2.05) is 0 Å². The molecule has 4 aromatic rings. The lowest BCUT2D eigenvalue weighted by molar-refractivity contribution is -0.384. The molecular formula is C21H13N2O6-. The van der Waals surface area contributed by atoms with Gasteiger partial charge in [0.05, 0.1) is 4.92 Å². The smallest absolute Gasteiger partial charge is 0.270 e. The zero-order chi connectivity index (χ0) is 20.4. The molecule has 0 saturated carbocycles. The van der Waals surface area contributed by atoms with E-state index in [2.05, 4.69) is 4.98 Å². The number of carboxylic acids is 1. The summed E-state index contributed by atoms with van der Waals surface area (Å²) in [4.78, 5) is 26.0. The van der Waals surface area contributed by atoms with Gasteiger partial charge in [-0.05, 0) is 30.3 Å². The van der Waals surface area contributed by atoms with Gasteiger partial charge in [0.1, 0.15) is 17.0 Å². The number of para-hydroxylation sites is 2. The standard InChI is InChI=1S/C21H14N2O6/c24-20(25)12-14(21-22-17-6-1-2-7-19(17)29-21)11-16-8-9-18(28-16)13-4-3-5-15(10-13)23(26)27/h1-11H,12H2,(H,24,25)/p-1/b14-11+. The number of benzene rings is 2. The number of nitro groups is 1. The second kappa shape index (κ2) is 7.43. The second-order valence-electron chi connectivity index (χ2n) is 6.21. The van der Waals surface area contributed by atoms with Crippen LogP contribution in [0.1, 0.15) is 18.1 Å². The lowest BCUT2D eigenvalue weighted by Crippen LogP contribution is -2.22. The van der Waals surface area contributed by atoms with Crippen LogP contribution in [-0.2, 0) is 4.79 Å². The van der Waals surface area contributed by atoms with Crippen LogP contribution in [0.3, 0.4) is 0 Å². The molecule has 0 amide bonds. The molecule has 29 heavy (non-hydrogen) atoms. The van der Waals surface area contributed by atoms with Crippen molar-refractivity contribution in [3.05, 3.63) is 82.4 Å². The summed E-state index contributed by atoms with van der Waals surface area (Å²) in [6, 6.07) is 16.4. The van der Waals surface area contributed by atoms with Gasteiger partial charge >= 0.3 is 0 Å². The summed E-state index contributed by atoms with van der Waals surface area (Å²) in [6.07, 6.45) is 1.08. The van der Waals surface area contributed by atoms with E-state index in [-0.39, 0.29) is 17.2 Å². The van der Waals surface area contributed by atoms with Gasteiger partial charge in [0.25, 0.3) is 5.69 Å². The van der Waals surface area contributed by atoms with Crippen molar-refractivity contribution >= 4 is 34.4 Å². The van der Waals surface area contributed by atoms with Gasteiger partial charge in [-0.25, -0.2) is 4.98 Å². The molecule has 0 radical (unpaired) electrons. The number of oxazole rings is 1. The van der Waals surface area contributed by atoms with Crippen molar-refractivity contribution in [3.63, 3.8) is 0 Å². The number of fused-ring (bicyclic) bond motifs is 1. The fourth-order valence-corrected chi connectivity index (χ4v) is 2.88. The zero-order valence-electron chi connectivity index (χ0n) is 14.9. The first-order valence-corrected chi connectivity index (χ1v) is 8.60. The summed E-state index contributed by atoms with van der Waals surface area (Å²) in [6.45, 7) is 0. The van der Waals surface area contributed by atoms with Crippen LogP contribution < -0.4 is 5.11 Å². The van der Waals surface area contributed by atoms with E-state index in [9.17, 15) is 20.0 Å². The number of furan rings is 1. The number of aliphatic carboxylic acids is 1. The molecule has 0 bridgehead atoms. The first-order chi connectivity index (χ1) is 14.0. The minimum absolute atomic E-state index is 0.0555. The van der Waals surface area contributed by atoms with Gasteiger partial charge in [-0.15, -0.1) is 0 Å². The number of hydrogen-bond acceptors (Lipinski definition) is 7. The predicted molar refractivity (Wildman–Crippen MR) is 102 cm³/mol. The van der Waals surface area contributed by atoms with Crippen molar-refractivity contribution in [1.82, 2.24) is 4.98 Å². The monoisotopic (exact) mass is 389 g/mol. The molecule has 0 aliphatic rings. The maximum absolute atomic E-state index is 11.2. The molecule has 4 rings (SSSR count). The van der Waals surface area contributed by atoms with Crippen molar-refractivity contribution in [2.24, 2.45) is 0 Å². The Hall–Kier alpha value is -4.20. The van der Waals surface area contributed by atoms with Gasteiger partial charge in [-0.2, -0.15) is 0 Å². The molecule has 8 nitrogen and oxygen atoms in total. The molecule has 0 spiro atoms. The van der Waals surface area contributed by atoms with Gasteiger partial charge in [-0.1, -0.05) is 24.3 Å². The van der Waals surface area contributed by atoms with E-state index in [0.717, 1.165) is 0 Å². The number of nitro benzene ring substituents is 1. The number of non-ortho nitro benzene ring substituents is 1. The summed E-state index contributed by atoms with van der Waals surface area (Å²) in [7, 11) is 0. The van der Waals surface area contributed by atoms with Crippen LogP contribution in [0.4, 0.5) is 5.69 Å². The molecule has 8 heteroatoms. The van der Waals surface area contributed by atoms with E-state index < -0.39 is 17.3 Å². The Balaban J connectivity index is 1.71. The largest absolute Gasteiger partial charge is 0.550 e. The molecule has 2 heterocycles. The fourth-order valence-electron chi connectivity index (χ4n) is 2.88. The van der Waals surface area contributed by atoms with E-state index in [0.29, 0.717) is 28.2 Å². The topological polar surface area (TPSA) is 122 Å². The molecular weight excluding hydrogens is 376 g/mol. The average molecular weight is 389 g/mol. The quantitative estimate of drug-likeness (QED) is 0.364. The van der Waals surface area contributed by atoms with E-state index >= 15 is 0 Å². The number of nitrogens with zero attached hydrogens (tertiary/aromatic N) is 2.